The van der Waals surface area contributed by atoms with Crippen LogP contribution in [0.15, 0.2) is 12.1 Å². The van der Waals surface area contributed by atoms with E-state index in [0.717, 1.165) is 0 Å². The van der Waals surface area contributed by atoms with Crippen LogP contribution in [-0.4, -0.2) is 47.6 Å². The standard InChI is InChI=1S/C13H19NO5/c1-16-6-5-14-10-8-12(18-3)11(17-2)7-9(10)13(15)19-4/h7-8,14H,5-6H2,1-4H3. The summed E-state index contributed by atoms with van der Waals surface area (Å²) >= 11 is 0. The highest BCUT2D eigenvalue weighted by atomic mass is 16.5. The summed E-state index contributed by atoms with van der Waals surface area (Å²) in [7, 11) is 5.99. The van der Waals surface area contributed by atoms with Crippen LogP contribution in [0.3, 0.4) is 0 Å². The Bertz CT molecular complexity index is 433. The predicted octanol–water partition coefficient (Wildman–Crippen LogP) is 1.55. The summed E-state index contributed by atoms with van der Waals surface area (Å²) in [6.07, 6.45) is 0. The molecular formula is C13H19NO5. The summed E-state index contributed by atoms with van der Waals surface area (Å²) in [4.78, 5) is 11.7. The summed E-state index contributed by atoms with van der Waals surface area (Å²) < 4.78 is 20.1. The van der Waals surface area contributed by atoms with Crippen molar-refractivity contribution in [3.8, 4) is 11.5 Å². The molecule has 0 aliphatic carbocycles. The van der Waals surface area contributed by atoms with Gasteiger partial charge in [-0.3, -0.25) is 0 Å². The van der Waals surface area contributed by atoms with E-state index < -0.39 is 5.97 Å². The quantitative estimate of drug-likeness (QED) is 0.598. The molecule has 0 fully saturated rings. The fraction of sp³-hybridized carbons (Fsp3) is 0.462. The first-order chi connectivity index (χ1) is 9.17. The van der Waals surface area contributed by atoms with Crippen molar-refractivity contribution in [3.63, 3.8) is 0 Å². The fourth-order valence-electron chi connectivity index (χ4n) is 1.59. The molecule has 0 saturated carbocycles. The Morgan fingerprint density at radius 3 is 2.26 bits per heavy atom. The largest absolute Gasteiger partial charge is 0.493 e. The molecule has 1 N–H and O–H groups in total. The molecular weight excluding hydrogens is 250 g/mol. The maximum Gasteiger partial charge on any atom is 0.340 e. The van der Waals surface area contributed by atoms with Gasteiger partial charge in [0, 0.05) is 25.8 Å². The lowest BCUT2D eigenvalue weighted by atomic mass is 10.1. The lowest BCUT2D eigenvalue weighted by Crippen LogP contribution is -2.13. The van der Waals surface area contributed by atoms with Crippen LogP contribution in [0, 0.1) is 0 Å². The van der Waals surface area contributed by atoms with Crippen molar-refractivity contribution in [1.29, 1.82) is 0 Å². The van der Waals surface area contributed by atoms with Crippen LogP contribution < -0.4 is 14.8 Å². The number of carbonyl (C=O) groups excluding carboxylic acids is 1. The van der Waals surface area contributed by atoms with Gasteiger partial charge in [0.05, 0.1) is 39.2 Å². The van der Waals surface area contributed by atoms with Crippen LogP contribution in [0.4, 0.5) is 5.69 Å². The van der Waals surface area contributed by atoms with Gasteiger partial charge in [-0.25, -0.2) is 4.79 Å². The zero-order valence-electron chi connectivity index (χ0n) is 11.6. The van der Waals surface area contributed by atoms with Gasteiger partial charge in [0.2, 0.25) is 0 Å². The van der Waals surface area contributed by atoms with Gasteiger partial charge in [-0.15, -0.1) is 0 Å². The molecule has 0 aromatic heterocycles. The maximum absolute atomic E-state index is 11.7. The average molecular weight is 269 g/mol. The van der Waals surface area contributed by atoms with E-state index in [1.807, 2.05) is 0 Å². The first-order valence-corrected chi connectivity index (χ1v) is 5.75. The number of rotatable bonds is 7. The predicted molar refractivity (Wildman–Crippen MR) is 71.3 cm³/mol. The van der Waals surface area contributed by atoms with Crippen LogP contribution in [0.2, 0.25) is 0 Å². The van der Waals surface area contributed by atoms with Gasteiger partial charge in [0.15, 0.2) is 11.5 Å². The number of benzene rings is 1. The number of hydrogen-bond donors (Lipinski definition) is 1. The van der Waals surface area contributed by atoms with E-state index in [1.54, 1.807) is 19.2 Å². The van der Waals surface area contributed by atoms with Gasteiger partial charge in [-0.1, -0.05) is 0 Å². The smallest absolute Gasteiger partial charge is 0.340 e. The summed E-state index contributed by atoms with van der Waals surface area (Å²) in [5.74, 6) is 0.566. The molecule has 0 saturated heterocycles. The maximum atomic E-state index is 11.7. The number of carbonyl (C=O) groups is 1. The molecule has 1 rings (SSSR count). The molecule has 0 heterocycles. The first-order valence-electron chi connectivity index (χ1n) is 5.75. The molecule has 0 aliphatic rings. The number of hydrogen-bond acceptors (Lipinski definition) is 6. The number of ether oxygens (including phenoxy) is 4. The first kappa shape index (κ1) is 15.1. The van der Waals surface area contributed by atoms with Crippen LogP contribution in [0.1, 0.15) is 10.4 Å². The number of methoxy groups -OCH3 is 4. The third-order valence-corrected chi connectivity index (χ3v) is 2.55. The lowest BCUT2D eigenvalue weighted by molar-refractivity contribution is 0.0601. The van der Waals surface area contributed by atoms with Crippen molar-refractivity contribution in [3.05, 3.63) is 17.7 Å². The second-order valence-electron chi connectivity index (χ2n) is 3.66. The van der Waals surface area contributed by atoms with Gasteiger partial charge in [0.1, 0.15) is 0 Å². The number of nitrogens with one attached hydrogen (secondary N) is 1. The topological polar surface area (TPSA) is 66.0 Å². The van der Waals surface area contributed by atoms with Gasteiger partial charge < -0.3 is 24.3 Å². The molecule has 0 atom stereocenters. The zero-order chi connectivity index (χ0) is 14.3. The highest BCUT2D eigenvalue weighted by Gasteiger charge is 2.17. The zero-order valence-corrected chi connectivity index (χ0v) is 11.6. The molecule has 19 heavy (non-hydrogen) atoms. The molecule has 6 nitrogen and oxygen atoms in total. The van der Waals surface area contributed by atoms with Crippen molar-refractivity contribution >= 4 is 11.7 Å². The van der Waals surface area contributed by atoms with Crippen LogP contribution in [0.5, 0.6) is 11.5 Å². The summed E-state index contributed by atoms with van der Waals surface area (Å²) in [5.41, 5.74) is 0.998. The lowest BCUT2D eigenvalue weighted by Gasteiger charge is -2.15. The van der Waals surface area contributed by atoms with Gasteiger partial charge in [-0.05, 0) is 0 Å². The Labute approximate surface area is 112 Å². The van der Waals surface area contributed by atoms with E-state index in [-0.39, 0.29) is 0 Å². The Balaban J connectivity index is 3.12. The SMILES string of the molecule is COCCNc1cc(OC)c(OC)cc1C(=O)OC. The average Bonchev–Trinajstić information content (AvgIpc) is 2.46. The Morgan fingerprint density at radius 1 is 1.11 bits per heavy atom. The minimum atomic E-state index is -0.444. The number of esters is 1. The highest BCUT2D eigenvalue weighted by molar-refractivity contribution is 5.96. The van der Waals surface area contributed by atoms with Gasteiger partial charge in [0.25, 0.3) is 0 Å². The Morgan fingerprint density at radius 2 is 1.74 bits per heavy atom. The summed E-state index contributed by atoms with van der Waals surface area (Å²) in [6.45, 7) is 1.09. The molecule has 0 bridgehead atoms. The second kappa shape index (κ2) is 7.48. The van der Waals surface area contributed by atoms with Gasteiger partial charge in [-0.2, -0.15) is 0 Å². The van der Waals surface area contributed by atoms with E-state index in [9.17, 15) is 4.79 Å². The molecule has 106 valence electrons. The summed E-state index contributed by atoms with van der Waals surface area (Å²) in [5, 5.41) is 3.09. The normalized spacial score (nSPS) is 9.89. The molecule has 1 aromatic rings. The fourth-order valence-corrected chi connectivity index (χ4v) is 1.59. The Hall–Kier alpha value is -1.95. The minimum absolute atomic E-state index is 0.385. The van der Waals surface area contributed by atoms with Gasteiger partial charge >= 0.3 is 5.97 Å². The van der Waals surface area contributed by atoms with Crippen molar-refractivity contribution in [2.45, 2.75) is 0 Å². The molecule has 0 aliphatic heterocycles. The van der Waals surface area contributed by atoms with Crippen LogP contribution in [-0.2, 0) is 9.47 Å². The molecule has 6 heteroatoms. The van der Waals surface area contributed by atoms with E-state index in [2.05, 4.69) is 5.32 Å². The second-order valence-corrected chi connectivity index (χ2v) is 3.66. The number of anilines is 1. The van der Waals surface area contributed by atoms with E-state index in [4.69, 9.17) is 18.9 Å². The Kier molecular flexibility index (Phi) is 5.95. The molecule has 0 radical (unpaired) electrons. The molecule has 1 aromatic carbocycles. The summed E-state index contributed by atoms with van der Waals surface area (Å²) in [6, 6.07) is 3.28. The van der Waals surface area contributed by atoms with E-state index in [0.29, 0.717) is 35.9 Å². The third-order valence-electron chi connectivity index (χ3n) is 2.55. The van der Waals surface area contributed by atoms with E-state index in [1.165, 1.54) is 21.3 Å². The molecule has 0 spiro atoms. The van der Waals surface area contributed by atoms with Crippen molar-refractivity contribution < 1.29 is 23.7 Å². The van der Waals surface area contributed by atoms with Crippen LogP contribution in [0.25, 0.3) is 0 Å². The van der Waals surface area contributed by atoms with E-state index >= 15 is 0 Å². The minimum Gasteiger partial charge on any atom is -0.493 e. The van der Waals surface area contributed by atoms with Crippen molar-refractivity contribution in [2.75, 3.05) is 46.9 Å². The highest BCUT2D eigenvalue weighted by Crippen LogP contribution is 2.33. The molecule has 0 amide bonds. The van der Waals surface area contributed by atoms with Crippen LogP contribution >= 0.6 is 0 Å². The van der Waals surface area contributed by atoms with Crippen molar-refractivity contribution in [2.24, 2.45) is 0 Å². The van der Waals surface area contributed by atoms with Crippen molar-refractivity contribution in [1.82, 2.24) is 0 Å². The third kappa shape index (κ3) is 3.75. The molecule has 0 unspecified atom stereocenters. The monoisotopic (exact) mass is 269 g/mol.